The van der Waals surface area contributed by atoms with Gasteiger partial charge in [0.15, 0.2) is 0 Å². The lowest BCUT2D eigenvalue weighted by molar-refractivity contribution is 0.868. The van der Waals surface area contributed by atoms with Gasteiger partial charge in [-0.15, -0.1) is 0 Å². The van der Waals surface area contributed by atoms with Crippen LogP contribution in [-0.4, -0.2) is 4.57 Å². The molecule has 0 aliphatic carbocycles. The van der Waals surface area contributed by atoms with E-state index in [9.17, 15) is 0 Å². The second kappa shape index (κ2) is 5.74. The van der Waals surface area contributed by atoms with Crippen LogP contribution in [0, 0.1) is 0 Å². The molecule has 0 saturated carbocycles. The van der Waals surface area contributed by atoms with Gasteiger partial charge in [-0.3, -0.25) is 0 Å². The molecule has 1 heterocycles. The second-order valence-electron chi connectivity index (χ2n) is 7.28. The molecule has 0 unspecified atom stereocenters. The molecule has 1 aromatic heterocycles. The number of aromatic nitrogens is 1. The fourth-order valence-electron chi connectivity index (χ4n) is 4.02. The van der Waals surface area contributed by atoms with Crippen LogP contribution < -0.4 is 0 Å². The van der Waals surface area contributed by atoms with Gasteiger partial charge in [-0.05, 0) is 52.6 Å². The summed E-state index contributed by atoms with van der Waals surface area (Å²) < 4.78 is 2.39. The molecular formula is C25H21N. The summed E-state index contributed by atoms with van der Waals surface area (Å²) >= 11 is 0. The Bertz CT molecular complexity index is 1240. The lowest BCUT2D eigenvalue weighted by atomic mass is 9.99. The molecule has 0 N–H and O–H groups in total. The maximum atomic E-state index is 2.39. The maximum Gasteiger partial charge on any atom is 0.0547 e. The normalized spacial score (nSPS) is 11.8. The Labute approximate surface area is 153 Å². The third kappa shape index (κ3) is 2.17. The van der Waals surface area contributed by atoms with Crippen LogP contribution in [0.5, 0.6) is 0 Å². The summed E-state index contributed by atoms with van der Waals surface area (Å²) in [5.41, 5.74) is 5.13. The zero-order chi connectivity index (χ0) is 17.7. The highest BCUT2D eigenvalue weighted by atomic mass is 15.0. The zero-order valence-corrected chi connectivity index (χ0v) is 15.1. The Morgan fingerprint density at radius 2 is 1.38 bits per heavy atom. The van der Waals surface area contributed by atoms with E-state index in [0.717, 1.165) is 0 Å². The van der Waals surface area contributed by atoms with E-state index >= 15 is 0 Å². The van der Waals surface area contributed by atoms with Gasteiger partial charge in [0, 0.05) is 16.5 Å². The van der Waals surface area contributed by atoms with Gasteiger partial charge in [0.25, 0.3) is 0 Å². The van der Waals surface area contributed by atoms with Gasteiger partial charge in [0.1, 0.15) is 0 Å². The highest BCUT2D eigenvalue weighted by Crippen LogP contribution is 2.37. The lowest BCUT2D eigenvalue weighted by Gasteiger charge is -2.09. The van der Waals surface area contributed by atoms with Crippen molar-refractivity contribution in [2.24, 2.45) is 0 Å². The van der Waals surface area contributed by atoms with Crippen molar-refractivity contribution in [2.45, 2.75) is 19.8 Å². The highest BCUT2D eigenvalue weighted by molar-refractivity contribution is 6.21. The number of benzene rings is 4. The van der Waals surface area contributed by atoms with Crippen molar-refractivity contribution < 1.29 is 0 Å². The third-order valence-electron chi connectivity index (χ3n) is 5.36. The number of hydrogen-bond donors (Lipinski definition) is 0. The van der Waals surface area contributed by atoms with Crippen molar-refractivity contribution in [3.8, 4) is 5.69 Å². The van der Waals surface area contributed by atoms with E-state index in [2.05, 4.69) is 103 Å². The van der Waals surface area contributed by atoms with Gasteiger partial charge in [-0.25, -0.2) is 0 Å². The molecule has 0 aliphatic rings. The summed E-state index contributed by atoms with van der Waals surface area (Å²) in [5, 5.41) is 5.31. The maximum absolute atomic E-state index is 2.39. The Morgan fingerprint density at radius 3 is 2.19 bits per heavy atom. The summed E-state index contributed by atoms with van der Waals surface area (Å²) in [6.45, 7) is 4.52. The van der Waals surface area contributed by atoms with Gasteiger partial charge >= 0.3 is 0 Å². The molecule has 26 heavy (non-hydrogen) atoms. The van der Waals surface area contributed by atoms with E-state index in [1.165, 1.54) is 43.8 Å². The minimum Gasteiger partial charge on any atom is -0.309 e. The van der Waals surface area contributed by atoms with Crippen molar-refractivity contribution in [1.29, 1.82) is 0 Å². The molecule has 0 amide bonds. The van der Waals surface area contributed by atoms with Crippen LogP contribution in [0.2, 0.25) is 0 Å². The molecule has 0 atom stereocenters. The number of para-hydroxylation sites is 1. The van der Waals surface area contributed by atoms with Gasteiger partial charge in [0.05, 0.1) is 11.0 Å². The molecule has 0 spiro atoms. The number of fused-ring (bicyclic) bond motifs is 5. The zero-order valence-electron chi connectivity index (χ0n) is 15.1. The molecule has 5 aromatic rings. The quantitative estimate of drug-likeness (QED) is 0.325. The summed E-state index contributed by atoms with van der Waals surface area (Å²) in [6.07, 6.45) is 0. The Kier molecular flexibility index (Phi) is 3.36. The highest BCUT2D eigenvalue weighted by Gasteiger charge is 2.15. The van der Waals surface area contributed by atoms with E-state index in [-0.39, 0.29) is 0 Å². The summed E-state index contributed by atoms with van der Waals surface area (Å²) in [5.74, 6) is 0.518. The topological polar surface area (TPSA) is 4.93 Å². The fourth-order valence-corrected chi connectivity index (χ4v) is 4.02. The van der Waals surface area contributed by atoms with Crippen LogP contribution in [-0.2, 0) is 0 Å². The number of nitrogens with zero attached hydrogens (tertiary/aromatic N) is 1. The molecule has 0 saturated heterocycles. The average Bonchev–Trinajstić information content (AvgIpc) is 3.02. The summed E-state index contributed by atoms with van der Waals surface area (Å²) in [6, 6.07) is 30.8. The van der Waals surface area contributed by atoms with Gasteiger partial charge < -0.3 is 4.57 Å². The van der Waals surface area contributed by atoms with E-state index in [0.29, 0.717) is 5.92 Å². The first-order chi connectivity index (χ1) is 12.7. The minimum atomic E-state index is 0.518. The first-order valence-electron chi connectivity index (χ1n) is 9.25. The van der Waals surface area contributed by atoms with Crippen LogP contribution in [0.25, 0.3) is 38.3 Å². The Morgan fingerprint density at radius 1 is 0.654 bits per heavy atom. The van der Waals surface area contributed by atoms with Crippen LogP contribution >= 0.6 is 0 Å². The van der Waals surface area contributed by atoms with Crippen molar-refractivity contribution >= 4 is 32.6 Å². The average molecular weight is 335 g/mol. The van der Waals surface area contributed by atoms with Crippen LogP contribution in [0.4, 0.5) is 0 Å². The van der Waals surface area contributed by atoms with Crippen molar-refractivity contribution in [1.82, 2.24) is 4.57 Å². The van der Waals surface area contributed by atoms with Crippen molar-refractivity contribution in [2.75, 3.05) is 0 Å². The van der Waals surface area contributed by atoms with E-state index in [1.54, 1.807) is 0 Å². The minimum absolute atomic E-state index is 0.518. The van der Waals surface area contributed by atoms with E-state index in [1.807, 2.05) is 0 Å². The molecule has 1 heteroatoms. The fraction of sp³-hybridized carbons (Fsp3) is 0.120. The molecule has 0 fully saturated rings. The SMILES string of the molecule is CC(C)c1ccc2c(c1)c1c3ccccc3ccc1n2-c1ccccc1. The molecule has 1 nitrogen and oxygen atoms in total. The standard InChI is InChI=1S/C25H21N/c1-17(2)19-13-14-23-22(16-19)25-21-11-7-6-8-18(21)12-15-24(25)26(23)20-9-4-3-5-10-20/h3-17H,1-2H3. The monoisotopic (exact) mass is 335 g/mol. The molecule has 0 bridgehead atoms. The number of rotatable bonds is 2. The van der Waals surface area contributed by atoms with Gasteiger partial charge in [0.2, 0.25) is 0 Å². The second-order valence-corrected chi connectivity index (χ2v) is 7.28. The van der Waals surface area contributed by atoms with Gasteiger partial charge in [-0.2, -0.15) is 0 Å². The smallest absolute Gasteiger partial charge is 0.0547 e. The molecule has 0 aliphatic heterocycles. The first-order valence-corrected chi connectivity index (χ1v) is 9.25. The largest absolute Gasteiger partial charge is 0.309 e. The summed E-state index contributed by atoms with van der Waals surface area (Å²) in [4.78, 5) is 0. The third-order valence-corrected chi connectivity index (χ3v) is 5.36. The summed E-state index contributed by atoms with van der Waals surface area (Å²) in [7, 11) is 0. The molecule has 0 radical (unpaired) electrons. The van der Waals surface area contributed by atoms with Gasteiger partial charge in [-0.1, -0.05) is 68.4 Å². The van der Waals surface area contributed by atoms with Crippen LogP contribution in [0.15, 0.2) is 84.9 Å². The van der Waals surface area contributed by atoms with Crippen molar-refractivity contribution in [3.63, 3.8) is 0 Å². The molecule has 126 valence electrons. The molecule has 4 aromatic carbocycles. The molecular weight excluding hydrogens is 314 g/mol. The van der Waals surface area contributed by atoms with E-state index in [4.69, 9.17) is 0 Å². The number of hydrogen-bond acceptors (Lipinski definition) is 0. The Balaban J connectivity index is 2.02. The predicted octanol–water partition coefficient (Wildman–Crippen LogP) is 7.06. The first kappa shape index (κ1) is 15.2. The predicted molar refractivity (Wildman–Crippen MR) is 112 cm³/mol. The van der Waals surface area contributed by atoms with Crippen LogP contribution in [0.3, 0.4) is 0 Å². The Hall–Kier alpha value is -3.06. The van der Waals surface area contributed by atoms with Crippen molar-refractivity contribution in [3.05, 3.63) is 90.5 Å². The van der Waals surface area contributed by atoms with Crippen LogP contribution in [0.1, 0.15) is 25.3 Å². The molecule has 5 rings (SSSR count). The van der Waals surface area contributed by atoms with E-state index < -0.39 is 0 Å². The lowest BCUT2D eigenvalue weighted by Crippen LogP contribution is -1.93.